The molecule has 2 aromatic rings. The van der Waals surface area contributed by atoms with Crippen molar-refractivity contribution in [2.75, 3.05) is 18.3 Å². The lowest BCUT2D eigenvalue weighted by molar-refractivity contribution is 0.0526. The molecule has 0 unspecified atom stereocenters. The zero-order valence-corrected chi connectivity index (χ0v) is 15.9. The third-order valence-electron chi connectivity index (χ3n) is 4.42. The van der Waals surface area contributed by atoms with Gasteiger partial charge in [0.15, 0.2) is 10.9 Å². The summed E-state index contributed by atoms with van der Waals surface area (Å²) in [7, 11) is 0. The number of carbonyl (C=O) groups excluding carboxylic acids is 1. The largest absolute Gasteiger partial charge is 0.462 e. The van der Waals surface area contributed by atoms with E-state index in [-0.39, 0.29) is 17.9 Å². The molecule has 2 N–H and O–H groups in total. The molecule has 8 heteroatoms. The molecule has 136 valence electrons. The van der Waals surface area contributed by atoms with Crippen molar-refractivity contribution in [2.45, 2.75) is 26.2 Å². The lowest BCUT2D eigenvalue weighted by atomic mass is 10.1. The molecule has 4 rings (SSSR count). The maximum absolute atomic E-state index is 12.7. The van der Waals surface area contributed by atoms with E-state index in [9.17, 15) is 4.79 Å². The molecule has 0 radical (unpaired) electrons. The van der Waals surface area contributed by atoms with Crippen LogP contribution >= 0.6 is 23.6 Å². The first-order valence-corrected chi connectivity index (χ1v) is 9.63. The Labute approximate surface area is 160 Å². The molecule has 0 atom stereocenters. The summed E-state index contributed by atoms with van der Waals surface area (Å²) in [4.78, 5) is 15.6. The third kappa shape index (κ3) is 2.79. The van der Waals surface area contributed by atoms with Crippen molar-refractivity contribution in [3.05, 3.63) is 34.2 Å². The lowest BCUT2D eigenvalue weighted by Gasteiger charge is -2.27. The van der Waals surface area contributed by atoms with Gasteiger partial charge in [0.25, 0.3) is 0 Å². The molecule has 1 aromatic carbocycles. The van der Waals surface area contributed by atoms with Crippen molar-refractivity contribution in [2.24, 2.45) is 5.73 Å². The molecule has 0 saturated carbocycles. The van der Waals surface area contributed by atoms with Crippen LogP contribution in [0.2, 0.25) is 0 Å². The van der Waals surface area contributed by atoms with E-state index in [4.69, 9.17) is 32.2 Å². The number of nitrogens with two attached hydrogens (primary N) is 1. The van der Waals surface area contributed by atoms with E-state index in [1.54, 1.807) is 29.2 Å². The Morgan fingerprint density at radius 2 is 2.23 bits per heavy atom. The number of fused-ring (bicyclic) bond motifs is 3. The summed E-state index contributed by atoms with van der Waals surface area (Å²) in [5, 5.41) is 0.842. The monoisotopic (exact) mass is 390 g/mol. The number of carbonyl (C=O) groups is 1. The van der Waals surface area contributed by atoms with Crippen LogP contribution in [-0.2, 0) is 17.6 Å². The van der Waals surface area contributed by atoms with E-state index in [0.29, 0.717) is 28.6 Å². The molecule has 1 aliphatic carbocycles. The Kier molecular flexibility index (Phi) is 4.46. The van der Waals surface area contributed by atoms with E-state index in [1.807, 2.05) is 12.1 Å². The molecule has 0 amide bonds. The Morgan fingerprint density at radius 3 is 3.00 bits per heavy atom. The fourth-order valence-electron chi connectivity index (χ4n) is 3.33. The molecular weight excluding hydrogens is 372 g/mol. The molecule has 2 aliphatic rings. The van der Waals surface area contributed by atoms with Crippen molar-refractivity contribution in [3.8, 4) is 11.5 Å². The van der Waals surface area contributed by atoms with Gasteiger partial charge in [-0.05, 0) is 56.1 Å². The minimum absolute atomic E-state index is 0.131. The van der Waals surface area contributed by atoms with Gasteiger partial charge in [0.05, 0.1) is 17.9 Å². The summed E-state index contributed by atoms with van der Waals surface area (Å²) in [6, 6.07) is 5.45. The summed E-state index contributed by atoms with van der Waals surface area (Å²) in [6.07, 6.45) is 2.86. The van der Waals surface area contributed by atoms with Crippen molar-refractivity contribution in [1.29, 1.82) is 0 Å². The minimum atomic E-state index is -0.335. The fraction of sp³-hybridized carbons (Fsp3) is 0.333. The first-order chi connectivity index (χ1) is 12.6. The molecule has 2 heterocycles. The van der Waals surface area contributed by atoms with Crippen molar-refractivity contribution in [1.82, 2.24) is 0 Å². The molecule has 0 fully saturated rings. The summed E-state index contributed by atoms with van der Waals surface area (Å²) < 4.78 is 16.3. The highest BCUT2D eigenvalue weighted by molar-refractivity contribution is 7.80. The van der Waals surface area contributed by atoms with Crippen LogP contribution in [0.4, 0.5) is 10.7 Å². The Balaban J connectivity index is 1.86. The number of hydrogen-bond donors (Lipinski definition) is 1. The molecule has 2 bridgehead atoms. The third-order valence-corrected chi connectivity index (χ3v) is 5.88. The van der Waals surface area contributed by atoms with Gasteiger partial charge in [-0.25, -0.2) is 4.79 Å². The Morgan fingerprint density at radius 1 is 1.38 bits per heavy atom. The van der Waals surface area contributed by atoms with Gasteiger partial charge >= 0.3 is 5.97 Å². The van der Waals surface area contributed by atoms with Gasteiger partial charge < -0.3 is 19.9 Å². The number of benzene rings is 1. The number of hydrogen-bond acceptors (Lipinski definition) is 6. The molecule has 1 aliphatic heterocycles. The van der Waals surface area contributed by atoms with Gasteiger partial charge in [-0.1, -0.05) is 0 Å². The maximum Gasteiger partial charge on any atom is 0.341 e. The normalized spacial score (nSPS) is 14.2. The lowest BCUT2D eigenvalue weighted by Crippen LogP contribution is -2.32. The predicted molar refractivity (Wildman–Crippen MR) is 104 cm³/mol. The zero-order valence-electron chi connectivity index (χ0n) is 14.2. The van der Waals surface area contributed by atoms with Gasteiger partial charge in [0.2, 0.25) is 6.79 Å². The minimum Gasteiger partial charge on any atom is -0.462 e. The fourth-order valence-corrected chi connectivity index (χ4v) is 4.99. The first kappa shape index (κ1) is 17.1. The average molecular weight is 390 g/mol. The topological polar surface area (TPSA) is 74.0 Å². The van der Waals surface area contributed by atoms with Crippen LogP contribution in [0.3, 0.4) is 0 Å². The van der Waals surface area contributed by atoms with E-state index in [0.717, 1.165) is 30.6 Å². The Hall–Kier alpha value is -2.32. The van der Waals surface area contributed by atoms with Crippen molar-refractivity contribution in [3.63, 3.8) is 0 Å². The number of aryl methyl sites for hydroxylation is 1. The van der Waals surface area contributed by atoms with Gasteiger partial charge in [-0.15, -0.1) is 11.3 Å². The summed E-state index contributed by atoms with van der Waals surface area (Å²) in [5.74, 6) is 1.000. The van der Waals surface area contributed by atoms with E-state index >= 15 is 0 Å². The smallest absolute Gasteiger partial charge is 0.341 e. The average Bonchev–Trinajstić information content (AvgIpc) is 3.18. The highest BCUT2D eigenvalue weighted by Crippen LogP contribution is 2.46. The van der Waals surface area contributed by atoms with Crippen LogP contribution in [0.25, 0.3) is 0 Å². The SMILES string of the molecule is CCOC(=O)c1c(N(C(N)=S)c2ccc3cc2OCO3)sc2c1CCC2. The number of rotatable bonds is 4. The zero-order chi connectivity index (χ0) is 18.3. The number of ether oxygens (including phenoxy) is 3. The standard InChI is InChI=1S/C18H18N2O4S2/c1-2-22-17(21)15-11-4-3-5-14(11)26-16(15)20(18(19)25)12-7-6-10-8-13(12)24-9-23-10/h6-8H,2-5,9H2,1H3,(H2,19,25). The highest BCUT2D eigenvalue weighted by atomic mass is 32.1. The van der Waals surface area contributed by atoms with E-state index < -0.39 is 0 Å². The van der Waals surface area contributed by atoms with Crippen LogP contribution < -0.4 is 20.1 Å². The summed E-state index contributed by atoms with van der Waals surface area (Å²) in [5.41, 5.74) is 8.38. The molecule has 1 aromatic heterocycles. The second-order valence-electron chi connectivity index (χ2n) is 5.97. The molecular formula is C18H18N2O4S2. The van der Waals surface area contributed by atoms with Crippen LogP contribution in [0.1, 0.15) is 34.1 Å². The molecule has 6 nitrogen and oxygen atoms in total. The number of esters is 1. The van der Waals surface area contributed by atoms with Crippen LogP contribution in [0.15, 0.2) is 18.2 Å². The van der Waals surface area contributed by atoms with E-state index in [2.05, 4.69) is 0 Å². The summed E-state index contributed by atoms with van der Waals surface area (Å²) in [6.45, 7) is 2.24. The van der Waals surface area contributed by atoms with Crippen molar-refractivity contribution < 1.29 is 19.0 Å². The number of thiocarbonyl (C=S) groups is 1. The predicted octanol–water partition coefficient (Wildman–Crippen LogP) is 3.52. The van der Waals surface area contributed by atoms with Gasteiger partial charge in [0, 0.05) is 10.9 Å². The maximum atomic E-state index is 12.7. The van der Waals surface area contributed by atoms with Crippen LogP contribution in [0, 0.1) is 0 Å². The van der Waals surface area contributed by atoms with Crippen molar-refractivity contribution >= 4 is 45.3 Å². The Bertz CT molecular complexity index is 894. The second-order valence-corrected chi connectivity index (χ2v) is 7.47. The number of anilines is 2. The van der Waals surface area contributed by atoms with E-state index in [1.165, 1.54) is 4.88 Å². The van der Waals surface area contributed by atoms with Gasteiger partial charge in [0.1, 0.15) is 10.8 Å². The van der Waals surface area contributed by atoms with Crippen LogP contribution in [-0.4, -0.2) is 24.5 Å². The number of nitrogens with zero attached hydrogens (tertiary/aromatic N) is 1. The molecule has 0 spiro atoms. The first-order valence-electron chi connectivity index (χ1n) is 8.41. The van der Waals surface area contributed by atoms with Gasteiger partial charge in [-0.3, -0.25) is 4.90 Å². The summed E-state index contributed by atoms with van der Waals surface area (Å²) >= 11 is 6.87. The quantitative estimate of drug-likeness (QED) is 0.632. The molecule has 0 saturated heterocycles. The van der Waals surface area contributed by atoms with Crippen LogP contribution in [0.5, 0.6) is 11.5 Å². The molecule has 26 heavy (non-hydrogen) atoms. The highest BCUT2D eigenvalue weighted by Gasteiger charge is 2.33. The van der Waals surface area contributed by atoms with Gasteiger partial charge in [-0.2, -0.15) is 0 Å². The number of thiophene rings is 1. The second kappa shape index (κ2) is 6.77.